The molecule has 2 aliphatic heterocycles. The largest absolute Gasteiger partial charge is 0.379 e. The van der Waals surface area contributed by atoms with Gasteiger partial charge in [-0.2, -0.15) is 0 Å². The number of nitrogens with two attached hydrogens (primary N) is 1. The Labute approximate surface area is 122 Å². The Balaban J connectivity index is 1.73. The second-order valence-corrected chi connectivity index (χ2v) is 7.15. The molecule has 20 heavy (non-hydrogen) atoms. The number of nitrogens with zero attached hydrogens (tertiary/aromatic N) is 1. The normalized spacial score (nSPS) is 39.4. The number of hydrogen-bond donors (Lipinski definition) is 1. The van der Waals surface area contributed by atoms with Crippen molar-refractivity contribution in [1.82, 2.24) is 4.90 Å². The van der Waals surface area contributed by atoms with Crippen molar-refractivity contribution in [3.8, 4) is 0 Å². The number of ether oxygens (including phenoxy) is 1. The molecule has 1 aliphatic carbocycles. The van der Waals surface area contributed by atoms with Gasteiger partial charge in [-0.15, -0.1) is 0 Å². The monoisotopic (exact) mass is 280 g/mol. The van der Waals surface area contributed by atoms with Gasteiger partial charge in [0.15, 0.2) is 0 Å². The van der Waals surface area contributed by atoms with Gasteiger partial charge < -0.3 is 15.4 Å². The summed E-state index contributed by atoms with van der Waals surface area (Å²) in [4.78, 5) is 15.2. The summed E-state index contributed by atoms with van der Waals surface area (Å²) in [6, 6.07) is 0.315. The summed E-state index contributed by atoms with van der Waals surface area (Å²) < 4.78 is 5.46. The highest BCUT2D eigenvalue weighted by atomic mass is 16.5. The Morgan fingerprint density at radius 3 is 2.60 bits per heavy atom. The molecule has 0 bridgehead atoms. The summed E-state index contributed by atoms with van der Waals surface area (Å²) in [5.41, 5.74) is 5.63. The van der Waals surface area contributed by atoms with E-state index in [-0.39, 0.29) is 11.9 Å². The highest BCUT2D eigenvalue weighted by molar-refractivity contribution is 5.84. The molecule has 3 fully saturated rings. The molecule has 1 amide bonds. The van der Waals surface area contributed by atoms with Crippen LogP contribution in [0.3, 0.4) is 0 Å². The maximum absolute atomic E-state index is 13.0. The number of hydrogen-bond acceptors (Lipinski definition) is 3. The molecular formula is C16H28N2O2. The predicted octanol–water partition coefficient (Wildman–Crippen LogP) is 1.92. The molecule has 3 unspecified atom stereocenters. The van der Waals surface area contributed by atoms with E-state index in [9.17, 15) is 4.79 Å². The molecule has 4 heteroatoms. The van der Waals surface area contributed by atoms with E-state index >= 15 is 0 Å². The molecule has 0 aromatic heterocycles. The Hall–Kier alpha value is -0.610. The standard InChI is InChI=1S/C16H28N2O2/c1-16(11-20-10-14(16)17)15(19)18-9-5-8-13(18)12-6-3-2-4-7-12/h12-14H,2-11,17H2,1H3. The molecule has 0 radical (unpaired) electrons. The van der Waals surface area contributed by atoms with Crippen LogP contribution in [0.15, 0.2) is 0 Å². The summed E-state index contributed by atoms with van der Waals surface area (Å²) in [7, 11) is 0. The summed E-state index contributed by atoms with van der Waals surface area (Å²) in [6.45, 7) is 3.91. The minimum Gasteiger partial charge on any atom is -0.379 e. The Bertz CT molecular complexity index is 367. The predicted molar refractivity (Wildman–Crippen MR) is 78.2 cm³/mol. The first-order valence-electron chi connectivity index (χ1n) is 8.27. The van der Waals surface area contributed by atoms with Gasteiger partial charge in [0.1, 0.15) is 0 Å². The van der Waals surface area contributed by atoms with Crippen LogP contribution < -0.4 is 5.73 Å². The van der Waals surface area contributed by atoms with Crippen LogP contribution in [0, 0.1) is 11.3 Å². The Kier molecular flexibility index (Phi) is 4.04. The molecule has 3 aliphatic rings. The van der Waals surface area contributed by atoms with Crippen LogP contribution in [0.2, 0.25) is 0 Å². The Morgan fingerprint density at radius 1 is 1.20 bits per heavy atom. The van der Waals surface area contributed by atoms with Gasteiger partial charge in [0, 0.05) is 18.6 Å². The molecule has 1 saturated carbocycles. The van der Waals surface area contributed by atoms with E-state index in [1.807, 2.05) is 6.92 Å². The third kappa shape index (κ3) is 2.37. The highest BCUT2D eigenvalue weighted by Crippen LogP contribution is 2.38. The molecule has 0 aromatic rings. The van der Waals surface area contributed by atoms with Crippen LogP contribution in [0.5, 0.6) is 0 Å². The van der Waals surface area contributed by atoms with Crippen LogP contribution in [-0.2, 0) is 9.53 Å². The van der Waals surface area contributed by atoms with Crippen molar-refractivity contribution in [1.29, 1.82) is 0 Å². The van der Waals surface area contributed by atoms with Crippen molar-refractivity contribution < 1.29 is 9.53 Å². The first kappa shape index (κ1) is 14.3. The SMILES string of the molecule is CC1(C(=O)N2CCCC2C2CCCCC2)COCC1N. The zero-order valence-corrected chi connectivity index (χ0v) is 12.6. The molecule has 3 atom stereocenters. The second kappa shape index (κ2) is 5.64. The highest BCUT2D eigenvalue weighted by Gasteiger charge is 2.49. The molecule has 2 N–H and O–H groups in total. The zero-order chi connectivity index (χ0) is 14.2. The molecule has 2 heterocycles. The fourth-order valence-electron chi connectivity index (χ4n) is 4.29. The number of carbonyl (C=O) groups is 1. The first-order valence-corrected chi connectivity index (χ1v) is 8.27. The molecule has 0 spiro atoms. The lowest BCUT2D eigenvalue weighted by atomic mass is 9.80. The molecule has 0 aromatic carbocycles. The van der Waals surface area contributed by atoms with Crippen LogP contribution in [0.4, 0.5) is 0 Å². The van der Waals surface area contributed by atoms with E-state index < -0.39 is 5.41 Å². The second-order valence-electron chi connectivity index (χ2n) is 7.15. The average molecular weight is 280 g/mol. The van der Waals surface area contributed by atoms with Gasteiger partial charge in [-0.3, -0.25) is 4.79 Å². The van der Waals surface area contributed by atoms with Crippen LogP contribution >= 0.6 is 0 Å². The fraction of sp³-hybridized carbons (Fsp3) is 0.938. The maximum atomic E-state index is 13.0. The number of amides is 1. The van der Waals surface area contributed by atoms with E-state index in [0.717, 1.165) is 18.9 Å². The Morgan fingerprint density at radius 2 is 1.95 bits per heavy atom. The van der Waals surface area contributed by atoms with Gasteiger partial charge in [0.25, 0.3) is 0 Å². The molecule has 114 valence electrons. The topological polar surface area (TPSA) is 55.6 Å². The van der Waals surface area contributed by atoms with E-state index in [2.05, 4.69) is 4.90 Å². The maximum Gasteiger partial charge on any atom is 0.232 e. The molecule has 2 saturated heterocycles. The number of carbonyl (C=O) groups excluding carboxylic acids is 1. The van der Waals surface area contributed by atoms with E-state index in [0.29, 0.717) is 19.3 Å². The smallest absolute Gasteiger partial charge is 0.232 e. The summed E-state index contributed by atoms with van der Waals surface area (Å²) in [6.07, 6.45) is 8.98. The lowest BCUT2D eigenvalue weighted by molar-refractivity contribution is -0.143. The van der Waals surface area contributed by atoms with Gasteiger partial charge in [0.2, 0.25) is 5.91 Å². The van der Waals surface area contributed by atoms with Crippen molar-refractivity contribution in [2.24, 2.45) is 17.1 Å². The number of rotatable bonds is 2. The van der Waals surface area contributed by atoms with Crippen molar-refractivity contribution in [3.63, 3.8) is 0 Å². The van der Waals surface area contributed by atoms with E-state index in [4.69, 9.17) is 10.5 Å². The van der Waals surface area contributed by atoms with Gasteiger partial charge >= 0.3 is 0 Å². The molecule has 4 nitrogen and oxygen atoms in total. The zero-order valence-electron chi connectivity index (χ0n) is 12.6. The van der Waals surface area contributed by atoms with Crippen molar-refractivity contribution in [2.75, 3.05) is 19.8 Å². The summed E-state index contributed by atoms with van der Waals surface area (Å²) in [5.74, 6) is 0.966. The lowest BCUT2D eigenvalue weighted by Crippen LogP contribution is -2.54. The van der Waals surface area contributed by atoms with Crippen molar-refractivity contribution in [2.45, 2.75) is 64.0 Å². The third-order valence-corrected chi connectivity index (χ3v) is 5.76. The molecule has 3 rings (SSSR count). The van der Waals surface area contributed by atoms with E-state index in [1.54, 1.807) is 0 Å². The van der Waals surface area contributed by atoms with Gasteiger partial charge in [0.05, 0.1) is 18.6 Å². The van der Waals surface area contributed by atoms with Crippen LogP contribution in [0.25, 0.3) is 0 Å². The van der Waals surface area contributed by atoms with Crippen LogP contribution in [-0.4, -0.2) is 42.6 Å². The third-order valence-electron chi connectivity index (χ3n) is 5.76. The van der Waals surface area contributed by atoms with Crippen molar-refractivity contribution >= 4 is 5.91 Å². The average Bonchev–Trinajstić information content (AvgIpc) is 3.08. The van der Waals surface area contributed by atoms with E-state index in [1.165, 1.54) is 38.5 Å². The molecular weight excluding hydrogens is 252 g/mol. The lowest BCUT2D eigenvalue weighted by Gasteiger charge is -2.38. The minimum absolute atomic E-state index is 0.150. The fourth-order valence-corrected chi connectivity index (χ4v) is 4.29. The van der Waals surface area contributed by atoms with Crippen molar-refractivity contribution in [3.05, 3.63) is 0 Å². The van der Waals surface area contributed by atoms with Gasteiger partial charge in [-0.1, -0.05) is 19.3 Å². The van der Waals surface area contributed by atoms with Gasteiger partial charge in [-0.25, -0.2) is 0 Å². The van der Waals surface area contributed by atoms with Gasteiger partial charge in [-0.05, 0) is 38.5 Å². The summed E-state index contributed by atoms with van der Waals surface area (Å²) in [5, 5.41) is 0. The quantitative estimate of drug-likeness (QED) is 0.841. The minimum atomic E-state index is -0.503. The summed E-state index contributed by atoms with van der Waals surface area (Å²) >= 11 is 0. The first-order chi connectivity index (χ1) is 9.63. The number of likely N-dealkylation sites (tertiary alicyclic amines) is 1. The van der Waals surface area contributed by atoms with Crippen LogP contribution in [0.1, 0.15) is 51.9 Å².